The minimum absolute atomic E-state index is 0.0336. The van der Waals surface area contributed by atoms with Crippen molar-refractivity contribution in [3.05, 3.63) is 11.6 Å². The van der Waals surface area contributed by atoms with Crippen molar-refractivity contribution in [2.75, 3.05) is 6.61 Å². The van der Waals surface area contributed by atoms with Gasteiger partial charge in [-0.3, -0.25) is 0 Å². The van der Waals surface area contributed by atoms with Crippen LogP contribution < -0.4 is 0 Å². The fourth-order valence-corrected chi connectivity index (χ4v) is 5.75. The number of aliphatic hydroxyl groups is 2. The van der Waals surface area contributed by atoms with Gasteiger partial charge in [0, 0.05) is 0 Å². The molecule has 0 heterocycles. The molecule has 0 aromatic rings. The second-order valence-electron chi connectivity index (χ2n) is 8.95. The standard InChI is InChI=1S/C20H36O2/c1-15(10-14-21)9-13-20(22)16(2)7-8-17-18(3,4)11-6-12-19(17,20)5/h10,16-17,21-22H,6-9,11-14H2,1-5H3/b15-10+/t16-,17?,19+,20-/m1/s1. The van der Waals surface area contributed by atoms with Gasteiger partial charge in [0.2, 0.25) is 0 Å². The van der Waals surface area contributed by atoms with Crippen molar-refractivity contribution < 1.29 is 10.2 Å². The summed E-state index contributed by atoms with van der Waals surface area (Å²) in [6, 6.07) is 0. The van der Waals surface area contributed by atoms with Gasteiger partial charge in [0.15, 0.2) is 0 Å². The highest BCUT2D eigenvalue weighted by molar-refractivity contribution is 5.12. The SMILES string of the molecule is C/C(=C\CO)CC[C@@]1(O)[C@H](C)CCC2C(C)(C)CCC[C@@]21C. The summed E-state index contributed by atoms with van der Waals surface area (Å²) in [6.07, 6.45) is 9.69. The van der Waals surface area contributed by atoms with Gasteiger partial charge in [0.1, 0.15) is 0 Å². The number of hydrogen-bond donors (Lipinski definition) is 2. The van der Waals surface area contributed by atoms with Gasteiger partial charge in [-0.15, -0.1) is 0 Å². The van der Waals surface area contributed by atoms with Gasteiger partial charge in [-0.1, -0.05) is 45.8 Å². The third kappa shape index (κ3) is 2.89. The number of fused-ring (bicyclic) bond motifs is 1. The summed E-state index contributed by atoms with van der Waals surface area (Å²) >= 11 is 0. The molecular formula is C20H36O2. The molecule has 0 bridgehead atoms. The zero-order chi connectivity index (χ0) is 16.6. The fraction of sp³-hybridized carbons (Fsp3) is 0.900. The van der Waals surface area contributed by atoms with Crippen LogP contribution in [0.15, 0.2) is 11.6 Å². The average molecular weight is 309 g/mol. The second-order valence-corrected chi connectivity index (χ2v) is 8.95. The maximum atomic E-state index is 11.8. The number of aliphatic hydroxyl groups excluding tert-OH is 1. The van der Waals surface area contributed by atoms with Crippen molar-refractivity contribution in [3.63, 3.8) is 0 Å². The predicted molar refractivity (Wildman–Crippen MR) is 92.7 cm³/mol. The van der Waals surface area contributed by atoms with Gasteiger partial charge in [-0.05, 0) is 68.1 Å². The average Bonchev–Trinajstić information content (AvgIpc) is 2.42. The van der Waals surface area contributed by atoms with E-state index in [0.717, 1.165) is 25.7 Å². The molecule has 0 radical (unpaired) electrons. The van der Waals surface area contributed by atoms with Crippen molar-refractivity contribution in [1.82, 2.24) is 0 Å². The van der Waals surface area contributed by atoms with Gasteiger partial charge in [0.25, 0.3) is 0 Å². The van der Waals surface area contributed by atoms with E-state index >= 15 is 0 Å². The summed E-state index contributed by atoms with van der Waals surface area (Å²) in [6.45, 7) is 11.6. The van der Waals surface area contributed by atoms with Crippen LogP contribution >= 0.6 is 0 Å². The Bertz CT molecular complexity index is 425. The molecule has 0 aliphatic heterocycles. The highest BCUT2D eigenvalue weighted by Gasteiger charge is 2.60. The topological polar surface area (TPSA) is 40.5 Å². The van der Waals surface area contributed by atoms with Crippen LogP contribution in [0.4, 0.5) is 0 Å². The highest BCUT2D eigenvalue weighted by Crippen LogP contribution is 2.63. The van der Waals surface area contributed by atoms with Gasteiger partial charge in [-0.2, -0.15) is 0 Å². The molecule has 0 saturated heterocycles. The van der Waals surface area contributed by atoms with Crippen molar-refractivity contribution in [1.29, 1.82) is 0 Å². The summed E-state index contributed by atoms with van der Waals surface area (Å²) in [4.78, 5) is 0. The summed E-state index contributed by atoms with van der Waals surface area (Å²) in [5.74, 6) is 0.988. The first-order valence-electron chi connectivity index (χ1n) is 9.16. The van der Waals surface area contributed by atoms with Crippen molar-refractivity contribution in [2.24, 2.45) is 22.7 Å². The van der Waals surface area contributed by atoms with E-state index in [1.165, 1.54) is 24.8 Å². The number of rotatable bonds is 4. The van der Waals surface area contributed by atoms with E-state index in [2.05, 4.69) is 34.6 Å². The monoisotopic (exact) mass is 308 g/mol. The number of allylic oxidation sites excluding steroid dienone is 1. The lowest BCUT2D eigenvalue weighted by molar-refractivity contribution is -0.211. The molecule has 2 aliphatic carbocycles. The van der Waals surface area contributed by atoms with E-state index in [4.69, 9.17) is 5.11 Å². The third-order valence-corrected chi connectivity index (χ3v) is 7.26. The molecule has 1 unspecified atom stereocenters. The molecule has 0 aromatic heterocycles. The Morgan fingerprint density at radius 2 is 1.86 bits per heavy atom. The molecule has 4 atom stereocenters. The third-order valence-electron chi connectivity index (χ3n) is 7.26. The van der Waals surface area contributed by atoms with Crippen LogP contribution in [-0.4, -0.2) is 22.4 Å². The van der Waals surface area contributed by atoms with Gasteiger partial charge >= 0.3 is 0 Å². The van der Waals surface area contributed by atoms with Gasteiger partial charge < -0.3 is 10.2 Å². The van der Waals surface area contributed by atoms with Crippen molar-refractivity contribution in [3.8, 4) is 0 Å². The molecule has 2 aliphatic rings. The smallest absolute Gasteiger partial charge is 0.0732 e. The highest BCUT2D eigenvalue weighted by atomic mass is 16.3. The Labute approximate surface area is 137 Å². The first-order chi connectivity index (χ1) is 10.2. The van der Waals surface area contributed by atoms with E-state index < -0.39 is 5.60 Å². The Kier molecular flexibility index (Phi) is 5.14. The zero-order valence-corrected chi connectivity index (χ0v) is 15.3. The Hall–Kier alpha value is -0.340. The summed E-state index contributed by atoms with van der Waals surface area (Å²) in [5.41, 5.74) is 1.00. The van der Waals surface area contributed by atoms with Crippen molar-refractivity contribution >= 4 is 0 Å². The second kappa shape index (κ2) is 6.28. The molecular weight excluding hydrogens is 272 g/mol. The van der Waals surface area contributed by atoms with Crippen LogP contribution in [0, 0.1) is 22.7 Å². The molecule has 2 rings (SSSR count). The first kappa shape index (κ1) is 18.0. The van der Waals surface area contributed by atoms with Crippen LogP contribution in [0.5, 0.6) is 0 Å². The lowest BCUT2D eigenvalue weighted by Crippen LogP contribution is -2.62. The lowest BCUT2D eigenvalue weighted by atomic mass is 9.44. The molecule has 2 fully saturated rings. The van der Waals surface area contributed by atoms with Crippen LogP contribution in [0.2, 0.25) is 0 Å². The largest absolute Gasteiger partial charge is 0.392 e. The molecule has 0 amide bonds. The number of hydrogen-bond acceptors (Lipinski definition) is 2. The molecule has 128 valence electrons. The first-order valence-corrected chi connectivity index (χ1v) is 9.16. The van der Waals surface area contributed by atoms with Gasteiger partial charge in [0.05, 0.1) is 12.2 Å². The fourth-order valence-electron chi connectivity index (χ4n) is 5.75. The normalized spacial score (nSPS) is 42.0. The maximum absolute atomic E-state index is 11.8. The zero-order valence-electron chi connectivity index (χ0n) is 15.3. The Morgan fingerprint density at radius 3 is 2.50 bits per heavy atom. The van der Waals surface area contributed by atoms with Gasteiger partial charge in [-0.25, -0.2) is 0 Å². The van der Waals surface area contributed by atoms with Crippen LogP contribution in [0.3, 0.4) is 0 Å². The molecule has 2 saturated carbocycles. The van der Waals surface area contributed by atoms with E-state index in [9.17, 15) is 5.11 Å². The minimum Gasteiger partial charge on any atom is -0.392 e. The van der Waals surface area contributed by atoms with Crippen LogP contribution in [0.25, 0.3) is 0 Å². The molecule has 2 heteroatoms. The molecule has 0 aromatic carbocycles. The summed E-state index contributed by atoms with van der Waals surface area (Å²) in [7, 11) is 0. The quantitative estimate of drug-likeness (QED) is 0.739. The van der Waals surface area contributed by atoms with E-state index in [0.29, 0.717) is 17.3 Å². The molecule has 22 heavy (non-hydrogen) atoms. The summed E-state index contributed by atoms with van der Waals surface area (Å²) < 4.78 is 0. The van der Waals surface area contributed by atoms with E-state index in [1.807, 2.05) is 6.08 Å². The maximum Gasteiger partial charge on any atom is 0.0732 e. The molecule has 2 nitrogen and oxygen atoms in total. The summed E-state index contributed by atoms with van der Waals surface area (Å²) in [5, 5.41) is 20.8. The Balaban J connectivity index is 2.28. The van der Waals surface area contributed by atoms with E-state index in [-0.39, 0.29) is 12.0 Å². The molecule has 2 N–H and O–H groups in total. The van der Waals surface area contributed by atoms with Crippen LogP contribution in [-0.2, 0) is 0 Å². The minimum atomic E-state index is -0.571. The van der Waals surface area contributed by atoms with Crippen LogP contribution in [0.1, 0.15) is 79.6 Å². The van der Waals surface area contributed by atoms with Crippen molar-refractivity contribution in [2.45, 2.75) is 85.2 Å². The van der Waals surface area contributed by atoms with E-state index in [1.54, 1.807) is 0 Å². The molecule has 0 spiro atoms. The predicted octanol–water partition coefficient (Wildman–Crippen LogP) is 4.70. The lowest BCUT2D eigenvalue weighted by Gasteiger charge is -2.63. The Morgan fingerprint density at radius 1 is 1.18 bits per heavy atom.